The van der Waals surface area contributed by atoms with Gasteiger partial charge in [-0.05, 0) is 59.1 Å². The Bertz CT molecular complexity index is 898. The quantitative estimate of drug-likeness (QED) is 0.215. The molecule has 1 unspecified atom stereocenters. The van der Waals surface area contributed by atoms with Crippen molar-refractivity contribution in [2.75, 3.05) is 19.6 Å². The van der Waals surface area contributed by atoms with Gasteiger partial charge in [-0.1, -0.05) is 101 Å². The maximum Gasteiger partial charge on any atom is 0.0923 e. The molecule has 2 nitrogen and oxygen atoms in total. The number of halogens is 1. The summed E-state index contributed by atoms with van der Waals surface area (Å²) >= 11 is 0. The van der Waals surface area contributed by atoms with E-state index in [4.69, 9.17) is 0 Å². The molecule has 0 saturated carbocycles. The zero-order valence-corrected chi connectivity index (χ0v) is 20.2. The predicted octanol–water partition coefficient (Wildman–Crippen LogP) is 7.91. The van der Waals surface area contributed by atoms with Crippen molar-refractivity contribution in [2.45, 2.75) is 71.3 Å². The van der Waals surface area contributed by atoms with Crippen LogP contribution in [0.3, 0.4) is 0 Å². The Labute approximate surface area is 195 Å². The molecule has 1 N–H and O–H groups in total. The number of rotatable bonds is 13. The molecule has 170 valence electrons. The molecule has 3 aromatic rings. The molecule has 3 heteroatoms. The summed E-state index contributed by atoms with van der Waals surface area (Å²) in [5.41, 5.74) is 1.07. The summed E-state index contributed by atoms with van der Waals surface area (Å²) < 4.78 is 0. The van der Waals surface area contributed by atoms with Crippen LogP contribution >= 0.6 is 12.4 Å². The second-order valence-corrected chi connectivity index (χ2v) is 8.67. The summed E-state index contributed by atoms with van der Waals surface area (Å²) in [5.74, 6) is 0. The van der Waals surface area contributed by atoms with Crippen molar-refractivity contribution in [1.82, 2.24) is 4.90 Å². The monoisotopic (exact) mass is 441 g/mol. The van der Waals surface area contributed by atoms with Crippen LogP contribution in [0.2, 0.25) is 0 Å². The number of hydrogen-bond donors (Lipinski definition) is 1. The Hall–Kier alpha value is -1.61. The van der Waals surface area contributed by atoms with Gasteiger partial charge in [0.2, 0.25) is 0 Å². The molecule has 1 atom stereocenters. The fraction of sp³-hybridized carbons (Fsp3) is 0.500. The van der Waals surface area contributed by atoms with Crippen molar-refractivity contribution in [3.63, 3.8) is 0 Å². The Kier molecular flexibility index (Phi) is 11.4. The van der Waals surface area contributed by atoms with E-state index in [0.29, 0.717) is 0 Å². The van der Waals surface area contributed by atoms with Crippen molar-refractivity contribution >= 4 is 34.0 Å². The molecular weight excluding hydrogens is 402 g/mol. The first-order valence-corrected chi connectivity index (χ1v) is 12.1. The van der Waals surface area contributed by atoms with Gasteiger partial charge in [-0.25, -0.2) is 0 Å². The number of aliphatic hydroxyl groups excluding tert-OH is 1. The third-order valence-corrected chi connectivity index (χ3v) is 6.25. The molecule has 0 aliphatic rings. The molecule has 0 heterocycles. The van der Waals surface area contributed by atoms with E-state index in [9.17, 15) is 5.11 Å². The molecule has 3 rings (SSSR count). The first-order chi connectivity index (χ1) is 14.7. The molecular formula is C28H40ClNO. The minimum absolute atomic E-state index is 0. The third kappa shape index (κ3) is 7.20. The van der Waals surface area contributed by atoms with Gasteiger partial charge < -0.3 is 10.0 Å². The van der Waals surface area contributed by atoms with Crippen LogP contribution in [0.4, 0.5) is 0 Å². The van der Waals surface area contributed by atoms with Gasteiger partial charge in [0.25, 0.3) is 0 Å². The molecule has 0 saturated heterocycles. The van der Waals surface area contributed by atoms with Crippen molar-refractivity contribution in [2.24, 2.45) is 0 Å². The van der Waals surface area contributed by atoms with Crippen LogP contribution in [0, 0.1) is 0 Å². The van der Waals surface area contributed by atoms with E-state index in [0.717, 1.165) is 25.2 Å². The number of fused-ring (bicyclic) bond motifs is 3. The van der Waals surface area contributed by atoms with Gasteiger partial charge in [-0.3, -0.25) is 0 Å². The average Bonchev–Trinajstić information content (AvgIpc) is 2.78. The summed E-state index contributed by atoms with van der Waals surface area (Å²) in [6.45, 7) is 7.43. The number of unbranched alkanes of at least 4 members (excludes halogenated alkanes) is 6. The highest BCUT2D eigenvalue weighted by atomic mass is 35.5. The minimum Gasteiger partial charge on any atom is -0.387 e. The zero-order valence-electron chi connectivity index (χ0n) is 19.4. The Balaban J connectivity index is 0.00000341. The van der Waals surface area contributed by atoms with Crippen molar-refractivity contribution in [3.8, 4) is 0 Å². The fourth-order valence-corrected chi connectivity index (χ4v) is 4.52. The van der Waals surface area contributed by atoms with Crippen LogP contribution in [0.5, 0.6) is 0 Å². The van der Waals surface area contributed by atoms with Crippen LogP contribution in [0.15, 0.2) is 54.6 Å². The Morgan fingerprint density at radius 2 is 1.26 bits per heavy atom. The molecule has 3 aromatic carbocycles. The molecule has 31 heavy (non-hydrogen) atoms. The Morgan fingerprint density at radius 3 is 1.87 bits per heavy atom. The number of hydrogen-bond acceptors (Lipinski definition) is 2. The number of benzene rings is 3. The standard InChI is InChI=1S/C28H39NO.ClH/c1-3-5-7-13-19-29(20-14-8-6-4-2)22-28(30)27-21-23-15-9-10-16-24(23)25-17-11-12-18-26(25)27;/h9-12,15-18,21,28,30H,3-8,13-14,19-20,22H2,1-2H3;1H. The highest BCUT2D eigenvalue weighted by Gasteiger charge is 2.17. The van der Waals surface area contributed by atoms with E-state index in [1.54, 1.807) is 0 Å². The van der Waals surface area contributed by atoms with Crippen LogP contribution < -0.4 is 0 Å². The lowest BCUT2D eigenvalue weighted by atomic mass is 9.94. The fourth-order valence-electron chi connectivity index (χ4n) is 4.52. The van der Waals surface area contributed by atoms with E-state index in [2.05, 4.69) is 73.3 Å². The lowest BCUT2D eigenvalue weighted by Crippen LogP contribution is -2.31. The van der Waals surface area contributed by atoms with Gasteiger partial charge in [0.05, 0.1) is 6.10 Å². The van der Waals surface area contributed by atoms with Crippen LogP contribution in [0.25, 0.3) is 21.5 Å². The second-order valence-electron chi connectivity index (χ2n) is 8.67. The summed E-state index contributed by atoms with van der Waals surface area (Å²) in [7, 11) is 0. The van der Waals surface area contributed by atoms with Gasteiger partial charge >= 0.3 is 0 Å². The van der Waals surface area contributed by atoms with Gasteiger partial charge in [-0.2, -0.15) is 0 Å². The second kappa shape index (κ2) is 13.7. The van der Waals surface area contributed by atoms with E-state index in [1.807, 2.05) is 0 Å². The maximum absolute atomic E-state index is 11.3. The SMILES string of the molecule is CCCCCCN(CCCCCC)CC(O)c1cc2ccccc2c2ccccc12.Cl. The van der Waals surface area contributed by atoms with Crippen molar-refractivity contribution in [1.29, 1.82) is 0 Å². The molecule has 0 fully saturated rings. The van der Waals surface area contributed by atoms with Gasteiger partial charge in [0.1, 0.15) is 0 Å². The zero-order chi connectivity index (χ0) is 21.2. The van der Waals surface area contributed by atoms with Crippen LogP contribution in [0.1, 0.15) is 76.9 Å². The van der Waals surface area contributed by atoms with E-state index in [-0.39, 0.29) is 12.4 Å². The minimum atomic E-state index is -0.461. The Morgan fingerprint density at radius 1 is 0.710 bits per heavy atom. The molecule has 0 aliphatic carbocycles. The van der Waals surface area contributed by atoms with E-state index in [1.165, 1.54) is 72.9 Å². The normalized spacial score (nSPS) is 12.4. The first kappa shape index (κ1) is 25.6. The summed E-state index contributed by atoms with van der Waals surface area (Å²) in [6, 6.07) is 19.2. The predicted molar refractivity (Wildman–Crippen MR) is 138 cm³/mol. The third-order valence-electron chi connectivity index (χ3n) is 6.25. The first-order valence-electron chi connectivity index (χ1n) is 12.1. The number of nitrogens with zero attached hydrogens (tertiary/aromatic N) is 1. The summed E-state index contributed by atoms with van der Waals surface area (Å²) in [4.78, 5) is 2.50. The summed E-state index contributed by atoms with van der Waals surface area (Å²) in [5, 5.41) is 16.2. The average molecular weight is 442 g/mol. The molecule has 0 bridgehead atoms. The van der Waals surface area contributed by atoms with Gasteiger partial charge in [-0.15, -0.1) is 12.4 Å². The summed E-state index contributed by atoms with van der Waals surface area (Å²) in [6.07, 6.45) is 9.72. The van der Waals surface area contributed by atoms with Crippen LogP contribution in [-0.2, 0) is 0 Å². The maximum atomic E-state index is 11.3. The van der Waals surface area contributed by atoms with Crippen LogP contribution in [-0.4, -0.2) is 29.6 Å². The highest BCUT2D eigenvalue weighted by Crippen LogP contribution is 2.32. The molecule has 0 radical (unpaired) electrons. The molecule has 0 amide bonds. The highest BCUT2D eigenvalue weighted by molar-refractivity contribution is 6.09. The van der Waals surface area contributed by atoms with Crippen molar-refractivity contribution < 1.29 is 5.11 Å². The molecule has 0 aromatic heterocycles. The van der Waals surface area contributed by atoms with Crippen molar-refractivity contribution in [3.05, 3.63) is 60.2 Å². The molecule has 0 spiro atoms. The topological polar surface area (TPSA) is 23.5 Å². The molecule has 0 aliphatic heterocycles. The number of aliphatic hydroxyl groups is 1. The smallest absolute Gasteiger partial charge is 0.0923 e. The van der Waals surface area contributed by atoms with Gasteiger partial charge in [0, 0.05) is 6.54 Å². The van der Waals surface area contributed by atoms with E-state index < -0.39 is 6.10 Å². The van der Waals surface area contributed by atoms with E-state index >= 15 is 0 Å². The largest absolute Gasteiger partial charge is 0.387 e. The lowest BCUT2D eigenvalue weighted by Gasteiger charge is -2.26. The van der Waals surface area contributed by atoms with Gasteiger partial charge in [0.15, 0.2) is 0 Å². The lowest BCUT2D eigenvalue weighted by molar-refractivity contribution is 0.111.